The van der Waals surface area contributed by atoms with E-state index >= 15 is 0 Å². The number of benzene rings is 2. The Morgan fingerprint density at radius 1 is 1.17 bits per heavy atom. The summed E-state index contributed by atoms with van der Waals surface area (Å²) in [4.78, 5) is -0.0773. The zero-order valence-corrected chi connectivity index (χ0v) is 20.5. The zero-order chi connectivity index (χ0) is 25.4. The number of rotatable bonds is 6. The van der Waals surface area contributed by atoms with E-state index in [2.05, 4.69) is 18.4 Å². The maximum absolute atomic E-state index is 13.5. The van der Waals surface area contributed by atoms with Crippen LogP contribution >= 0.6 is 0 Å². The quantitative estimate of drug-likeness (QED) is 0.591. The lowest BCUT2D eigenvalue weighted by atomic mass is 9.80. The number of nitrogens with zero attached hydrogens (tertiary/aromatic N) is 4. The number of fused-ring (bicyclic) bond motifs is 1. The molecule has 5 rings (SSSR count). The molecule has 0 aromatic heterocycles. The first-order chi connectivity index (χ1) is 17.3. The first-order valence-corrected chi connectivity index (χ1v) is 13.1. The molecule has 0 spiro atoms. The van der Waals surface area contributed by atoms with Crippen LogP contribution in [0.15, 0.2) is 88.1 Å². The fraction of sp³-hybridized carbons (Fsp3) is 0.259. The van der Waals surface area contributed by atoms with E-state index in [-0.39, 0.29) is 41.2 Å². The molecule has 1 N–H and O–H groups in total. The summed E-state index contributed by atoms with van der Waals surface area (Å²) >= 11 is 0. The second-order valence-electron chi connectivity index (χ2n) is 9.07. The summed E-state index contributed by atoms with van der Waals surface area (Å²) in [6, 6.07) is 16.3. The fourth-order valence-electron chi connectivity index (χ4n) is 5.40. The van der Waals surface area contributed by atoms with Crippen molar-refractivity contribution in [3.8, 4) is 12.1 Å². The van der Waals surface area contributed by atoms with Crippen LogP contribution in [0.2, 0.25) is 0 Å². The van der Waals surface area contributed by atoms with Gasteiger partial charge in [0.1, 0.15) is 18.4 Å². The van der Waals surface area contributed by atoms with Crippen molar-refractivity contribution in [1.82, 2.24) is 9.73 Å². The molecule has 0 bridgehead atoms. The Morgan fingerprint density at radius 2 is 1.92 bits per heavy atom. The van der Waals surface area contributed by atoms with E-state index < -0.39 is 10.0 Å². The van der Waals surface area contributed by atoms with Gasteiger partial charge >= 0.3 is 0 Å². The number of hydrogen-bond donors (Lipinski definition) is 1. The number of hydrogen-bond acceptors (Lipinski definition) is 6. The summed E-state index contributed by atoms with van der Waals surface area (Å²) in [6.07, 6.45) is 5.63. The third-order valence-electron chi connectivity index (χ3n) is 7.08. The van der Waals surface area contributed by atoms with E-state index in [1.165, 1.54) is 39.7 Å². The fourth-order valence-corrected chi connectivity index (χ4v) is 6.93. The largest absolute Gasteiger partial charge is 0.301 e. The molecule has 0 fully saturated rings. The lowest BCUT2D eigenvalue weighted by Gasteiger charge is -2.31. The van der Waals surface area contributed by atoms with Gasteiger partial charge < -0.3 is 5.43 Å². The normalized spacial score (nSPS) is 20.8. The van der Waals surface area contributed by atoms with Gasteiger partial charge in [-0.2, -0.15) is 14.8 Å². The Morgan fingerprint density at radius 3 is 2.64 bits per heavy atom. The highest BCUT2D eigenvalue weighted by Gasteiger charge is 2.40. The average Bonchev–Trinajstić information content (AvgIpc) is 3.49. The summed E-state index contributed by atoms with van der Waals surface area (Å²) in [6.45, 7) is 1.99. The Labute approximate surface area is 210 Å². The number of sulfonamides is 1. The van der Waals surface area contributed by atoms with Gasteiger partial charge in [-0.25, -0.2) is 12.8 Å². The van der Waals surface area contributed by atoms with Gasteiger partial charge in [0.05, 0.1) is 27.9 Å². The minimum atomic E-state index is -4.03. The number of nitrogens with one attached hydrogen (secondary N) is 1. The minimum Gasteiger partial charge on any atom is -0.301 e. The van der Waals surface area contributed by atoms with Crippen LogP contribution in [0.5, 0.6) is 0 Å². The van der Waals surface area contributed by atoms with Crippen molar-refractivity contribution in [1.29, 1.82) is 10.5 Å². The van der Waals surface area contributed by atoms with Gasteiger partial charge in [-0.1, -0.05) is 24.6 Å². The van der Waals surface area contributed by atoms with Crippen LogP contribution in [0, 0.1) is 40.3 Å². The van der Waals surface area contributed by atoms with Gasteiger partial charge in [-0.05, 0) is 66.8 Å². The molecule has 0 radical (unpaired) electrons. The molecular weight excluding hydrogens is 477 g/mol. The standard InChI is InChI=1S/C27H24FN5O2S/c1-18-24-16-31-33(23-10-8-22(28)9-11-23)25(24)14-19-6-7-21(27(18)19)17-32(13-12-29)36(34,35)26-5-3-2-4-20(26)15-30/h2-5,8-11,14,16,18,21,31H,6-7,13,17H2,1H3/t18-,21+/m0/s1. The molecule has 1 aliphatic heterocycles. The maximum atomic E-state index is 13.5. The molecular formula is C27H24FN5O2S. The molecule has 0 saturated heterocycles. The lowest BCUT2D eigenvalue weighted by molar-refractivity contribution is 0.380. The molecule has 2 aromatic rings. The van der Waals surface area contributed by atoms with Crippen LogP contribution in [-0.4, -0.2) is 25.8 Å². The molecule has 2 atom stereocenters. The second kappa shape index (κ2) is 9.27. The SMILES string of the molecule is C[C@H]1C2=CNN(c3ccc(F)cc3)C2=CC2=C1[C@@H](CN(CC#N)S(=O)(=O)c1ccccc1C#N)CC2. The summed E-state index contributed by atoms with van der Waals surface area (Å²) in [5.41, 5.74) is 8.57. The Bertz CT molecular complexity index is 1500. The van der Waals surface area contributed by atoms with Crippen LogP contribution in [0.25, 0.3) is 0 Å². The molecule has 182 valence electrons. The van der Waals surface area contributed by atoms with E-state index in [4.69, 9.17) is 0 Å². The average molecular weight is 502 g/mol. The molecule has 36 heavy (non-hydrogen) atoms. The van der Waals surface area contributed by atoms with Gasteiger partial charge in [-0.15, -0.1) is 0 Å². The Balaban J connectivity index is 1.45. The third kappa shape index (κ3) is 3.97. The summed E-state index contributed by atoms with van der Waals surface area (Å²) in [5.74, 6) is -0.301. The lowest BCUT2D eigenvalue weighted by Crippen LogP contribution is -2.37. The van der Waals surface area contributed by atoms with Crippen molar-refractivity contribution >= 4 is 15.7 Å². The van der Waals surface area contributed by atoms with Crippen LogP contribution in [0.1, 0.15) is 25.3 Å². The van der Waals surface area contributed by atoms with Crippen molar-refractivity contribution in [3.63, 3.8) is 0 Å². The molecule has 3 aliphatic rings. The Hall–Kier alpha value is -3.92. The van der Waals surface area contributed by atoms with Gasteiger partial charge in [0.2, 0.25) is 10.0 Å². The summed E-state index contributed by atoms with van der Waals surface area (Å²) in [5, 5.41) is 20.8. The van der Waals surface area contributed by atoms with E-state index in [0.29, 0.717) is 0 Å². The van der Waals surface area contributed by atoms with Gasteiger partial charge in [0.25, 0.3) is 0 Å². The predicted molar refractivity (Wildman–Crippen MR) is 133 cm³/mol. The smallest absolute Gasteiger partial charge is 0.245 e. The van der Waals surface area contributed by atoms with Gasteiger partial charge in [-0.3, -0.25) is 5.01 Å². The van der Waals surface area contributed by atoms with Crippen molar-refractivity contribution in [3.05, 3.63) is 94.6 Å². The first kappa shape index (κ1) is 23.8. The van der Waals surface area contributed by atoms with Gasteiger partial charge in [0, 0.05) is 24.2 Å². The van der Waals surface area contributed by atoms with Crippen LogP contribution in [-0.2, 0) is 10.0 Å². The number of nitriles is 2. The highest BCUT2D eigenvalue weighted by atomic mass is 32.2. The molecule has 0 unspecified atom stereocenters. The van der Waals surface area contributed by atoms with Gasteiger partial charge in [0.15, 0.2) is 0 Å². The first-order valence-electron chi connectivity index (χ1n) is 11.7. The number of allylic oxidation sites excluding steroid dienone is 3. The topological polar surface area (TPSA) is 100 Å². The monoisotopic (exact) mass is 501 g/mol. The van der Waals surface area contributed by atoms with Crippen molar-refractivity contribution in [2.45, 2.75) is 24.7 Å². The third-order valence-corrected chi connectivity index (χ3v) is 8.95. The van der Waals surface area contributed by atoms with E-state index in [0.717, 1.165) is 29.8 Å². The van der Waals surface area contributed by atoms with E-state index in [1.807, 2.05) is 23.3 Å². The van der Waals surface area contributed by atoms with E-state index in [1.54, 1.807) is 24.3 Å². The Kier molecular flexibility index (Phi) is 6.13. The highest BCUT2D eigenvalue weighted by molar-refractivity contribution is 7.89. The minimum absolute atomic E-state index is 0.0449. The molecule has 0 saturated carbocycles. The summed E-state index contributed by atoms with van der Waals surface area (Å²) in [7, 11) is -4.03. The molecule has 1 heterocycles. The van der Waals surface area contributed by atoms with Crippen molar-refractivity contribution < 1.29 is 12.8 Å². The molecule has 7 nitrogen and oxygen atoms in total. The van der Waals surface area contributed by atoms with Crippen LogP contribution in [0.3, 0.4) is 0 Å². The second-order valence-corrected chi connectivity index (χ2v) is 11.0. The highest BCUT2D eigenvalue weighted by Crippen LogP contribution is 2.48. The zero-order valence-electron chi connectivity index (χ0n) is 19.6. The van der Waals surface area contributed by atoms with Crippen LogP contribution in [0.4, 0.5) is 10.1 Å². The van der Waals surface area contributed by atoms with Crippen LogP contribution < -0.4 is 10.4 Å². The van der Waals surface area contributed by atoms with E-state index in [9.17, 15) is 23.3 Å². The molecule has 2 aromatic carbocycles. The maximum Gasteiger partial charge on any atom is 0.245 e. The van der Waals surface area contributed by atoms with Crippen molar-refractivity contribution in [2.75, 3.05) is 18.1 Å². The molecule has 9 heteroatoms. The number of hydrazine groups is 1. The predicted octanol–water partition coefficient (Wildman–Crippen LogP) is 4.36. The molecule has 0 amide bonds. The summed E-state index contributed by atoms with van der Waals surface area (Å²) < 4.78 is 41.6. The van der Waals surface area contributed by atoms with Crippen molar-refractivity contribution in [2.24, 2.45) is 11.8 Å². The number of halogens is 1. The number of anilines is 1. The molecule has 2 aliphatic carbocycles.